The van der Waals surface area contributed by atoms with Crippen molar-refractivity contribution in [3.05, 3.63) is 53.9 Å². The van der Waals surface area contributed by atoms with Gasteiger partial charge in [0.2, 0.25) is 0 Å². The molecule has 5 rings (SSSR count). The molecular weight excluding hydrogens is 366 g/mol. The van der Waals surface area contributed by atoms with E-state index in [2.05, 4.69) is 28.1 Å². The van der Waals surface area contributed by atoms with Crippen molar-refractivity contribution >= 4 is 11.6 Å². The summed E-state index contributed by atoms with van der Waals surface area (Å²) in [5.41, 5.74) is 3.83. The molecule has 0 bridgehead atoms. The fraction of sp³-hybridized carbons (Fsp3) is 0.478. The first kappa shape index (κ1) is 18.4. The Balaban J connectivity index is 1.15. The highest BCUT2D eigenvalue weighted by atomic mass is 16.5. The van der Waals surface area contributed by atoms with E-state index in [-0.39, 0.29) is 18.1 Å². The lowest BCUT2D eigenvalue weighted by atomic mass is 10.1. The molecule has 0 aliphatic carbocycles. The van der Waals surface area contributed by atoms with Crippen molar-refractivity contribution in [1.82, 2.24) is 9.88 Å². The minimum absolute atomic E-state index is 0.0514. The number of likely N-dealkylation sites (tertiary alicyclic amines) is 1. The van der Waals surface area contributed by atoms with Gasteiger partial charge in [0.1, 0.15) is 18.0 Å². The molecule has 6 nitrogen and oxygen atoms in total. The summed E-state index contributed by atoms with van der Waals surface area (Å²) in [6.07, 6.45) is 7.47. The third-order valence-corrected chi connectivity index (χ3v) is 6.14. The first-order valence-electron chi connectivity index (χ1n) is 10.6. The molecule has 2 saturated heterocycles. The van der Waals surface area contributed by atoms with E-state index >= 15 is 0 Å². The van der Waals surface area contributed by atoms with Crippen molar-refractivity contribution in [3.63, 3.8) is 0 Å². The van der Waals surface area contributed by atoms with Crippen molar-refractivity contribution in [1.29, 1.82) is 0 Å². The molecule has 2 unspecified atom stereocenters. The summed E-state index contributed by atoms with van der Waals surface area (Å²) in [4.78, 5) is 21.1. The minimum atomic E-state index is -0.249. The first-order valence-corrected chi connectivity index (χ1v) is 10.6. The average molecular weight is 393 g/mol. The monoisotopic (exact) mass is 393 g/mol. The Morgan fingerprint density at radius 3 is 2.72 bits per heavy atom. The summed E-state index contributed by atoms with van der Waals surface area (Å²) in [5, 5.41) is 0. The number of aromatic nitrogens is 1. The molecule has 1 amide bonds. The molecule has 0 radical (unpaired) electrons. The summed E-state index contributed by atoms with van der Waals surface area (Å²) in [6, 6.07) is 10.4. The van der Waals surface area contributed by atoms with Gasteiger partial charge in [-0.1, -0.05) is 0 Å². The van der Waals surface area contributed by atoms with Gasteiger partial charge in [-0.15, -0.1) is 0 Å². The molecule has 3 aliphatic heterocycles. The summed E-state index contributed by atoms with van der Waals surface area (Å²) >= 11 is 0. The van der Waals surface area contributed by atoms with Gasteiger partial charge in [0.15, 0.2) is 0 Å². The number of hydrogen-bond donors (Lipinski definition) is 0. The second-order valence-corrected chi connectivity index (χ2v) is 8.16. The van der Waals surface area contributed by atoms with Crippen molar-refractivity contribution in [2.24, 2.45) is 0 Å². The molecule has 2 fully saturated rings. The molecule has 3 aliphatic rings. The van der Waals surface area contributed by atoms with Crippen LogP contribution in [0, 0.1) is 0 Å². The van der Waals surface area contributed by atoms with Crippen molar-refractivity contribution in [2.45, 2.75) is 51.0 Å². The van der Waals surface area contributed by atoms with Crippen LogP contribution < -0.4 is 9.64 Å². The van der Waals surface area contributed by atoms with Crippen LogP contribution in [0.15, 0.2) is 42.7 Å². The Morgan fingerprint density at radius 2 is 1.93 bits per heavy atom. The molecule has 2 atom stereocenters. The van der Waals surface area contributed by atoms with Gasteiger partial charge >= 0.3 is 0 Å². The topological polar surface area (TPSA) is 54.9 Å². The molecule has 4 heterocycles. The molecule has 152 valence electrons. The van der Waals surface area contributed by atoms with Gasteiger partial charge in [-0.3, -0.25) is 9.78 Å². The van der Waals surface area contributed by atoms with E-state index < -0.39 is 0 Å². The molecule has 1 aromatic carbocycles. The van der Waals surface area contributed by atoms with Gasteiger partial charge in [0, 0.05) is 50.7 Å². The predicted octanol–water partition coefficient (Wildman–Crippen LogP) is 3.15. The lowest BCUT2D eigenvalue weighted by Crippen LogP contribution is -2.41. The number of fused-ring (bicyclic) bond motifs is 1. The number of nitrogens with zero attached hydrogens (tertiary/aromatic N) is 3. The summed E-state index contributed by atoms with van der Waals surface area (Å²) in [5.74, 6) is 0.995. The fourth-order valence-corrected chi connectivity index (χ4v) is 4.49. The van der Waals surface area contributed by atoms with Crippen LogP contribution >= 0.6 is 0 Å². The van der Waals surface area contributed by atoms with E-state index in [4.69, 9.17) is 9.47 Å². The zero-order valence-corrected chi connectivity index (χ0v) is 16.6. The largest absolute Gasteiger partial charge is 0.489 e. The number of hydrogen-bond acceptors (Lipinski definition) is 5. The Labute approximate surface area is 171 Å². The Morgan fingerprint density at radius 1 is 1.07 bits per heavy atom. The smallest absolute Gasteiger partial charge is 0.251 e. The quantitative estimate of drug-likeness (QED) is 0.799. The van der Waals surface area contributed by atoms with Gasteiger partial charge in [-0.05, 0) is 60.7 Å². The Hall–Kier alpha value is -2.60. The SMILES string of the molecule is O=C(C1CCCCO1)N1CCC(Oc2ccc(N3Cc4ccncc4C3)cc2)C1. The van der Waals surface area contributed by atoms with E-state index in [1.165, 1.54) is 16.8 Å². The normalized spacial score (nSPS) is 23.9. The Kier molecular flexibility index (Phi) is 5.10. The predicted molar refractivity (Wildman–Crippen MR) is 110 cm³/mol. The fourth-order valence-electron chi connectivity index (χ4n) is 4.49. The van der Waals surface area contributed by atoms with Crippen molar-refractivity contribution in [2.75, 3.05) is 24.6 Å². The molecular formula is C23H27N3O3. The highest BCUT2D eigenvalue weighted by molar-refractivity contribution is 5.81. The number of carbonyl (C=O) groups is 1. The van der Waals surface area contributed by atoms with Crippen LogP contribution in [0.4, 0.5) is 5.69 Å². The van der Waals surface area contributed by atoms with Crippen LogP contribution in [0.3, 0.4) is 0 Å². The number of amides is 1. The number of carbonyl (C=O) groups excluding carboxylic acids is 1. The van der Waals surface area contributed by atoms with Crippen LogP contribution in [0.1, 0.15) is 36.8 Å². The summed E-state index contributed by atoms with van der Waals surface area (Å²) < 4.78 is 11.8. The van der Waals surface area contributed by atoms with Crippen LogP contribution in [-0.2, 0) is 22.6 Å². The van der Waals surface area contributed by atoms with Gasteiger partial charge in [-0.25, -0.2) is 0 Å². The van der Waals surface area contributed by atoms with E-state index in [9.17, 15) is 4.79 Å². The second-order valence-electron chi connectivity index (χ2n) is 8.16. The van der Waals surface area contributed by atoms with Gasteiger partial charge in [-0.2, -0.15) is 0 Å². The minimum Gasteiger partial charge on any atom is -0.489 e. The highest BCUT2D eigenvalue weighted by Gasteiger charge is 2.33. The lowest BCUT2D eigenvalue weighted by molar-refractivity contribution is -0.145. The molecule has 0 spiro atoms. The molecule has 6 heteroatoms. The van der Waals surface area contributed by atoms with Gasteiger partial charge < -0.3 is 19.3 Å². The van der Waals surface area contributed by atoms with Crippen LogP contribution in [0.25, 0.3) is 0 Å². The lowest BCUT2D eigenvalue weighted by Gasteiger charge is -2.26. The van der Waals surface area contributed by atoms with Gasteiger partial charge in [0.05, 0.1) is 6.54 Å². The van der Waals surface area contributed by atoms with E-state index in [0.29, 0.717) is 13.2 Å². The molecule has 0 saturated carbocycles. The van der Waals surface area contributed by atoms with E-state index in [0.717, 1.165) is 51.1 Å². The van der Waals surface area contributed by atoms with E-state index in [1.54, 1.807) is 0 Å². The van der Waals surface area contributed by atoms with Crippen LogP contribution in [0.5, 0.6) is 5.75 Å². The maximum atomic E-state index is 12.6. The standard InChI is InChI=1S/C23H27N3O3/c27-23(22-3-1-2-12-28-22)25-11-9-21(16-25)29-20-6-4-19(5-7-20)26-14-17-8-10-24-13-18(17)15-26/h4-8,10,13,21-22H,1-3,9,11-12,14-16H2. The third-order valence-electron chi connectivity index (χ3n) is 6.14. The number of anilines is 1. The number of rotatable bonds is 4. The molecule has 29 heavy (non-hydrogen) atoms. The maximum absolute atomic E-state index is 12.6. The summed E-state index contributed by atoms with van der Waals surface area (Å²) in [7, 11) is 0. The highest BCUT2D eigenvalue weighted by Crippen LogP contribution is 2.29. The average Bonchev–Trinajstić information content (AvgIpc) is 3.41. The van der Waals surface area contributed by atoms with Gasteiger partial charge in [0.25, 0.3) is 5.91 Å². The number of ether oxygens (including phenoxy) is 2. The Bertz CT molecular complexity index is 839. The second kappa shape index (κ2) is 8.03. The molecule has 0 N–H and O–H groups in total. The zero-order chi connectivity index (χ0) is 19.6. The van der Waals surface area contributed by atoms with Crippen molar-refractivity contribution in [3.8, 4) is 5.75 Å². The molecule has 2 aromatic rings. The molecule has 1 aromatic heterocycles. The maximum Gasteiger partial charge on any atom is 0.251 e. The number of pyridine rings is 1. The van der Waals surface area contributed by atoms with E-state index in [1.807, 2.05) is 29.4 Å². The zero-order valence-electron chi connectivity index (χ0n) is 16.6. The summed E-state index contributed by atoms with van der Waals surface area (Å²) in [6.45, 7) is 3.92. The number of benzene rings is 1. The van der Waals surface area contributed by atoms with Crippen molar-refractivity contribution < 1.29 is 14.3 Å². The van der Waals surface area contributed by atoms with Crippen LogP contribution in [-0.4, -0.2) is 47.7 Å². The first-order chi connectivity index (χ1) is 14.3. The van der Waals surface area contributed by atoms with Crippen LogP contribution in [0.2, 0.25) is 0 Å². The third kappa shape index (κ3) is 3.94.